The summed E-state index contributed by atoms with van der Waals surface area (Å²) < 4.78 is 7.13. The molecule has 0 spiro atoms. The number of hydrogen-bond donors (Lipinski definition) is 3. The number of amides is 1. The first kappa shape index (κ1) is 17.9. The quantitative estimate of drug-likeness (QED) is 0.674. The van der Waals surface area contributed by atoms with Crippen LogP contribution in [0.1, 0.15) is 28.5 Å². The van der Waals surface area contributed by atoms with Gasteiger partial charge in [-0.2, -0.15) is 0 Å². The van der Waals surface area contributed by atoms with Crippen molar-refractivity contribution < 1.29 is 9.53 Å². The number of nitrogens with two attached hydrogens (primary N) is 1. The Morgan fingerprint density at radius 3 is 3.04 bits per heavy atom. The highest BCUT2D eigenvalue weighted by atomic mass is 16.5. The predicted molar refractivity (Wildman–Crippen MR) is 98.9 cm³/mol. The molecule has 2 aliphatic rings. The van der Waals surface area contributed by atoms with Gasteiger partial charge in [0.15, 0.2) is 5.69 Å². The molecule has 4 N–H and O–H groups in total. The van der Waals surface area contributed by atoms with Crippen molar-refractivity contribution in [2.75, 3.05) is 26.7 Å². The van der Waals surface area contributed by atoms with E-state index in [4.69, 9.17) is 10.5 Å². The van der Waals surface area contributed by atoms with Crippen molar-refractivity contribution >= 4 is 5.91 Å². The number of nitrogens with zero attached hydrogens (tertiary/aromatic N) is 4. The van der Waals surface area contributed by atoms with E-state index in [2.05, 4.69) is 27.2 Å². The van der Waals surface area contributed by atoms with Crippen LogP contribution < -0.4 is 21.3 Å². The van der Waals surface area contributed by atoms with Gasteiger partial charge in [-0.3, -0.25) is 14.9 Å². The maximum atomic E-state index is 12.9. The largest absolute Gasteiger partial charge is 0.496 e. The van der Waals surface area contributed by atoms with E-state index in [-0.39, 0.29) is 17.9 Å². The third-order valence-corrected chi connectivity index (χ3v) is 5.39. The molecule has 9 nitrogen and oxygen atoms in total. The van der Waals surface area contributed by atoms with Gasteiger partial charge in [0.05, 0.1) is 25.9 Å². The SMILES string of the molecule is COc1ccccc1C1NNC2CCN(C(=O)c3cn(CCN)nn3)CC21. The van der Waals surface area contributed by atoms with Crippen LogP contribution in [0.15, 0.2) is 30.5 Å². The van der Waals surface area contributed by atoms with E-state index in [9.17, 15) is 4.79 Å². The molecule has 144 valence electrons. The van der Waals surface area contributed by atoms with Crippen LogP contribution >= 0.6 is 0 Å². The molecule has 2 saturated heterocycles. The van der Waals surface area contributed by atoms with Crippen LogP contribution in [-0.4, -0.2) is 58.6 Å². The van der Waals surface area contributed by atoms with E-state index >= 15 is 0 Å². The Kier molecular flexibility index (Phi) is 5.06. The number of hydrogen-bond acceptors (Lipinski definition) is 7. The zero-order valence-electron chi connectivity index (χ0n) is 15.3. The molecule has 0 aliphatic carbocycles. The molecular formula is C18H25N7O2. The van der Waals surface area contributed by atoms with Crippen molar-refractivity contribution in [1.29, 1.82) is 0 Å². The normalized spacial score (nSPS) is 24.7. The Morgan fingerprint density at radius 1 is 1.37 bits per heavy atom. The van der Waals surface area contributed by atoms with Gasteiger partial charge in [0.2, 0.25) is 0 Å². The molecule has 3 heterocycles. The summed E-state index contributed by atoms with van der Waals surface area (Å²) in [4.78, 5) is 14.8. The molecule has 0 radical (unpaired) electrons. The first-order chi connectivity index (χ1) is 13.2. The maximum Gasteiger partial charge on any atom is 0.276 e. The van der Waals surface area contributed by atoms with E-state index in [0.29, 0.717) is 37.9 Å². The van der Waals surface area contributed by atoms with Gasteiger partial charge < -0.3 is 15.4 Å². The van der Waals surface area contributed by atoms with Gasteiger partial charge >= 0.3 is 0 Å². The predicted octanol–water partition coefficient (Wildman–Crippen LogP) is -0.0748. The average Bonchev–Trinajstić information content (AvgIpc) is 3.34. The average molecular weight is 371 g/mol. The first-order valence-corrected chi connectivity index (χ1v) is 9.24. The highest BCUT2D eigenvalue weighted by Crippen LogP contribution is 2.37. The van der Waals surface area contributed by atoms with E-state index in [1.54, 1.807) is 18.0 Å². The second-order valence-corrected chi connectivity index (χ2v) is 6.97. The molecule has 27 heavy (non-hydrogen) atoms. The van der Waals surface area contributed by atoms with Gasteiger partial charge in [0, 0.05) is 37.2 Å². The standard InChI is InChI=1S/C18H25N7O2/c1-27-16-5-3-2-4-12(16)17-13-10-24(8-6-14(13)20-22-17)18(26)15-11-25(9-7-19)23-21-15/h2-5,11,13-14,17,20,22H,6-10,19H2,1H3. The molecule has 3 atom stereocenters. The number of aromatic nitrogens is 3. The number of para-hydroxylation sites is 1. The number of fused-ring (bicyclic) bond motifs is 1. The minimum atomic E-state index is -0.0811. The van der Waals surface area contributed by atoms with Crippen molar-refractivity contribution in [3.05, 3.63) is 41.7 Å². The number of benzene rings is 1. The Hall–Kier alpha value is -2.49. The molecular weight excluding hydrogens is 346 g/mol. The maximum absolute atomic E-state index is 12.9. The Balaban J connectivity index is 1.51. The van der Waals surface area contributed by atoms with Gasteiger partial charge in [-0.25, -0.2) is 5.43 Å². The van der Waals surface area contributed by atoms with E-state index in [1.165, 1.54) is 0 Å². The molecule has 4 rings (SSSR count). The van der Waals surface area contributed by atoms with Crippen LogP contribution in [0.4, 0.5) is 0 Å². The van der Waals surface area contributed by atoms with Crippen molar-refractivity contribution in [2.24, 2.45) is 11.7 Å². The van der Waals surface area contributed by atoms with Crippen molar-refractivity contribution in [3.8, 4) is 5.75 Å². The van der Waals surface area contributed by atoms with Gasteiger partial charge in [-0.15, -0.1) is 5.10 Å². The van der Waals surface area contributed by atoms with Gasteiger partial charge in [0.25, 0.3) is 5.91 Å². The topological polar surface area (TPSA) is 110 Å². The third-order valence-electron chi connectivity index (χ3n) is 5.39. The van der Waals surface area contributed by atoms with E-state index in [1.807, 2.05) is 23.1 Å². The number of nitrogens with one attached hydrogen (secondary N) is 2. The second-order valence-electron chi connectivity index (χ2n) is 6.97. The number of carbonyl (C=O) groups excluding carboxylic acids is 1. The highest BCUT2D eigenvalue weighted by molar-refractivity contribution is 5.92. The summed E-state index contributed by atoms with van der Waals surface area (Å²) in [5.74, 6) is 1.02. The molecule has 2 fully saturated rings. The van der Waals surface area contributed by atoms with Crippen LogP contribution in [0, 0.1) is 5.92 Å². The summed E-state index contributed by atoms with van der Waals surface area (Å²) >= 11 is 0. The summed E-state index contributed by atoms with van der Waals surface area (Å²) in [7, 11) is 1.68. The Morgan fingerprint density at radius 2 is 2.22 bits per heavy atom. The lowest BCUT2D eigenvalue weighted by molar-refractivity contribution is 0.0646. The van der Waals surface area contributed by atoms with Crippen LogP contribution in [0.25, 0.3) is 0 Å². The fraction of sp³-hybridized carbons (Fsp3) is 0.500. The number of ether oxygens (including phenoxy) is 1. The molecule has 2 aliphatic heterocycles. The smallest absolute Gasteiger partial charge is 0.276 e. The summed E-state index contributed by atoms with van der Waals surface area (Å²) in [5, 5.41) is 7.99. The molecule has 9 heteroatoms. The number of carbonyl (C=O) groups is 1. The zero-order valence-corrected chi connectivity index (χ0v) is 15.3. The lowest BCUT2D eigenvalue weighted by Crippen LogP contribution is -2.48. The van der Waals surface area contributed by atoms with Gasteiger partial charge in [-0.1, -0.05) is 23.4 Å². The number of methoxy groups -OCH3 is 1. The van der Waals surface area contributed by atoms with Crippen LogP contribution in [0.2, 0.25) is 0 Å². The molecule has 0 bridgehead atoms. The molecule has 1 aromatic carbocycles. The number of rotatable bonds is 5. The Bertz CT molecular complexity index is 809. The highest BCUT2D eigenvalue weighted by Gasteiger charge is 2.42. The van der Waals surface area contributed by atoms with Crippen LogP contribution in [0.3, 0.4) is 0 Å². The third kappa shape index (κ3) is 3.41. The van der Waals surface area contributed by atoms with Gasteiger partial charge in [0.1, 0.15) is 5.75 Å². The summed E-state index contributed by atoms with van der Waals surface area (Å²) in [6, 6.07) is 8.40. The number of hydrazine groups is 1. The molecule has 1 amide bonds. The summed E-state index contributed by atoms with van der Waals surface area (Å²) in [6.45, 7) is 2.35. The molecule has 1 aromatic heterocycles. The first-order valence-electron chi connectivity index (χ1n) is 9.24. The lowest BCUT2D eigenvalue weighted by atomic mass is 9.84. The lowest BCUT2D eigenvalue weighted by Gasteiger charge is -2.36. The van der Waals surface area contributed by atoms with Crippen LogP contribution in [-0.2, 0) is 6.54 Å². The van der Waals surface area contributed by atoms with Crippen molar-refractivity contribution in [3.63, 3.8) is 0 Å². The van der Waals surface area contributed by atoms with Gasteiger partial charge in [-0.05, 0) is 12.5 Å². The van der Waals surface area contributed by atoms with E-state index in [0.717, 1.165) is 17.7 Å². The fourth-order valence-electron chi connectivity index (χ4n) is 4.02. The second kappa shape index (κ2) is 7.63. The van der Waals surface area contributed by atoms with Crippen molar-refractivity contribution in [1.82, 2.24) is 30.7 Å². The zero-order chi connectivity index (χ0) is 18.8. The number of piperidine rings is 1. The monoisotopic (exact) mass is 371 g/mol. The molecule has 2 aromatic rings. The van der Waals surface area contributed by atoms with Crippen molar-refractivity contribution in [2.45, 2.75) is 25.0 Å². The van der Waals surface area contributed by atoms with Crippen LogP contribution in [0.5, 0.6) is 5.75 Å². The molecule has 0 saturated carbocycles. The minimum Gasteiger partial charge on any atom is -0.496 e. The minimum absolute atomic E-state index is 0.0784. The summed E-state index contributed by atoms with van der Waals surface area (Å²) in [6.07, 6.45) is 2.55. The summed E-state index contributed by atoms with van der Waals surface area (Å²) in [5.41, 5.74) is 13.8. The van der Waals surface area contributed by atoms with E-state index < -0.39 is 0 Å². The number of likely N-dealkylation sites (tertiary alicyclic amines) is 1. The fourth-order valence-corrected chi connectivity index (χ4v) is 4.02. The Labute approximate surface area is 157 Å². The molecule has 3 unspecified atom stereocenters.